The molecule has 3 aliphatic rings. The van der Waals surface area contributed by atoms with Gasteiger partial charge in [-0.05, 0) is 62.8 Å². The molecule has 3 unspecified atom stereocenters. The average molecular weight is 247 g/mol. The number of rotatable bonds is 4. The van der Waals surface area contributed by atoms with Crippen molar-refractivity contribution in [1.29, 1.82) is 0 Å². The largest absolute Gasteiger partial charge is 0.314 e. The van der Waals surface area contributed by atoms with Gasteiger partial charge in [0.05, 0.1) is 0 Å². The molecule has 1 N–H and O–H groups in total. The molecular formula is C17H29N. The Morgan fingerprint density at radius 1 is 1.06 bits per heavy atom. The van der Waals surface area contributed by atoms with Gasteiger partial charge in [0.1, 0.15) is 0 Å². The van der Waals surface area contributed by atoms with E-state index in [1.165, 1.54) is 57.9 Å². The molecule has 0 aliphatic heterocycles. The third-order valence-electron chi connectivity index (χ3n) is 5.73. The van der Waals surface area contributed by atoms with Crippen molar-refractivity contribution in [2.45, 2.75) is 64.3 Å². The van der Waals surface area contributed by atoms with Gasteiger partial charge in [0.15, 0.2) is 0 Å². The molecule has 2 fully saturated rings. The fourth-order valence-electron chi connectivity index (χ4n) is 4.44. The van der Waals surface area contributed by atoms with E-state index in [1.807, 2.05) is 0 Å². The summed E-state index contributed by atoms with van der Waals surface area (Å²) >= 11 is 0. The standard InChI is InChI=1S/C17H29N/c1-13(15-6-4-2-3-5-7-15)18-12-17-11-14-8-9-16(17)10-14/h8-9,13-18H,2-7,10-12H2,1H3/t13-,14?,16?,17?/m1/s1. The maximum atomic E-state index is 3.87. The molecule has 18 heavy (non-hydrogen) atoms. The SMILES string of the molecule is C[C@@H](NCC1CC2C=CC1C2)C1CCCCCC1. The van der Waals surface area contributed by atoms with Crippen molar-refractivity contribution in [2.75, 3.05) is 6.54 Å². The van der Waals surface area contributed by atoms with Crippen LogP contribution in [0.15, 0.2) is 12.2 Å². The summed E-state index contributed by atoms with van der Waals surface area (Å²) in [5.41, 5.74) is 0. The smallest absolute Gasteiger partial charge is 0.00671 e. The summed E-state index contributed by atoms with van der Waals surface area (Å²) in [6.45, 7) is 3.70. The molecule has 2 bridgehead atoms. The van der Waals surface area contributed by atoms with Crippen molar-refractivity contribution in [2.24, 2.45) is 23.7 Å². The Labute approximate surface area is 112 Å². The highest BCUT2D eigenvalue weighted by Crippen LogP contribution is 2.43. The fraction of sp³-hybridized carbons (Fsp3) is 0.882. The molecule has 1 heteroatoms. The Morgan fingerprint density at radius 2 is 1.83 bits per heavy atom. The lowest BCUT2D eigenvalue weighted by Crippen LogP contribution is -2.37. The van der Waals surface area contributed by atoms with Gasteiger partial charge >= 0.3 is 0 Å². The first-order valence-electron chi connectivity index (χ1n) is 8.24. The number of hydrogen-bond acceptors (Lipinski definition) is 1. The van der Waals surface area contributed by atoms with E-state index in [0.717, 1.165) is 29.7 Å². The number of nitrogens with one attached hydrogen (secondary N) is 1. The van der Waals surface area contributed by atoms with E-state index in [0.29, 0.717) is 0 Å². The second-order valence-electron chi connectivity index (χ2n) is 6.99. The molecule has 1 nitrogen and oxygen atoms in total. The van der Waals surface area contributed by atoms with Crippen molar-refractivity contribution in [1.82, 2.24) is 5.32 Å². The van der Waals surface area contributed by atoms with E-state index in [2.05, 4.69) is 24.4 Å². The highest BCUT2D eigenvalue weighted by atomic mass is 14.9. The second-order valence-corrected chi connectivity index (χ2v) is 6.99. The monoisotopic (exact) mass is 247 g/mol. The molecule has 0 aromatic rings. The minimum atomic E-state index is 0.742. The van der Waals surface area contributed by atoms with Crippen LogP contribution in [0.25, 0.3) is 0 Å². The molecular weight excluding hydrogens is 218 g/mol. The van der Waals surface area contributed by atoms with E-state index in [9.17, 15) is 0 Å². The summed E-state index contributed by atoms with van der Waals surface area (Å²) in [6, 6.07) is 0.742. The van der Waals surface area contributed by atoms with Crippen LogP contribution in [0.3, 0.4) is 0 Å². The molecule has 0 aromatic carbocycles. The second kappa shape index (κ2) is 5.77. The van der Waals surface area contributed by atoms with Gasteiger partial charge in [0.2, 0.25) is 0 Å². The van der Waals surface area contributed by atoms with E-state index in [-0.39, 0.29) is 0 Å². The molecule has 0 aromatic heterocycles. The Balaban J connectivity index is 1.43. The summed E-state index contributed by atoms with van der Waals surface area (Å²) in [5.74, 6) is 3.72. The zero-order chi connectivity index (χ0) is 12.4. The van der Waals surface area contributed by atoms with Crippen LogP contribution in [0.2, 0.25) is 0 Å². The van der Waals surface area contributed by atoms with E-state index >= 15 is 0 Å². The molecule has 3 aliphatic carbocycles. The number of fused-ring (bicyclic) bond motifs is 2. The zero-order valence-electron chi connectivity index (χ0n) is 11.9. The Hall–Kier alpha value is -0.300. The Morgan fingerprint density at radius 3 is 2.44 bits per heavy atom. The van der Waals surface area contributed by atoms with Gasteiger partial charge in [-0.15, -0.1) is 0 Å². The van der Waals surface area contributed by atoms with Gasteiger partial charge in [-0.25, -0.2) is 0 Å². The predicted octanol–water partition coefficient (Wildman–Crippen LogP) is 4.15. The van der Waals surface area contributed by atoms with Crippen molar-refractivity contribution in [3.05, 3.63) is 12.2 Å². The van der Waals surface area contributed by atoms with Gasteiger partial charge in [0, 0.05) is 6.04 Å². The first-order chi connectivity index (χ1) is 8.83. The van der Waals surface area contributed by atoms with Gasteiger partial charge in [-0.2, -0.15) is 0 Å². The molecule has 4 atom stereocenters. The highest BCUT2D eigenvalue weighted by Gasteiger charge is 2.35. The van der Waals surface area contributed by atoms with E-state index in [4.69, 9.17) is 0 Å². The molecule has 2 saturated carbocycles. The summed E-state index contributed by atoms with van der Waals surface area (Å²) in [6.07, 6.45) is 16.6. The van der Waals surface area contributed by atoms with Gasteiger partial charge in [-0.1, -0.05) is 37.8 Å². The molecule has 102 valence electrons. The van der Waals surface area contributed by atoms with Gasteiger partial charge in [0.25, 0.3) is 0 Å². The van der Waals surface area contributed by atoms with Crippen LogP contribution in [0, 0.1) is 23.7 Å². The highest BCUT2D eigenvalue weighted by molar-refractivity contribution is 5.10. The third kappa shape index (κ3) is 2.82. The van der Waals surface area contributed by atoms with Crippen molar-refractivity contribution in [3.8, 4) is 0 Å². The Kier molecular flexibility index (Phi) is 4.08. The molecule has 0 radical (unpaired) electrons. The maximum Gasteiger partial charge on any atom is 0.00671 e. The fourth-order valence-corrected chi connectivity index (χ4v) is 4.44. The summed E-state index contributed by atoms with van der Waals surface area (Å²) in [7, 11) is 0. The minimum Gasteiger partial charge on any atom is -0.314 e. The summed E-state index contributed by atoms with van der Waals surface area (Å²) in [4.78, 5) is 0. The van der Waals surface area contributed by atoms with Crippen LogP contribution in [0.4, 0.5) is 0 Å². The van der Waals surface area contributed by atoms with Crippen LogP contribution in [0.1, 0.15) is 58.3 Å². The zero-order valence-corrected chi connectivity index (χ0v) is 11.9. The van der Waals surface area contributed by atoms with Crippen LogP contribution in [-0.2, 0) is 0 Å². The third-order valence-corrected chi connectivity index (χ3v) is 5.73. The molecule has 0 saturated heterocycles. The van der Waals surface area contributed by atoms with Crippen molar-refractivity contribution < 1.29 is 0 Å². The minimum absolute atomic E-state index is 0.742. The predicted molar refractivity (Wildman–Crippen MR) is 77.5 cm³/mol. The van der Waals surface area contributed by atoms with Crippen LogP contribution in [0.5, 0.6) is 0 Å². The lowest BCUT2D eigenvalue weighted by Gasteiger charge is -2.27. The first-order valence-corrected chi connectivity index (χ1v) is 8.24. The normalized spacial score (nSPS) is 37.9. The van der Waals surface area contributed by atoms with Crippen LogP contribution < -0.4 is 5.32 Å². The topological polar surface area (TPSA) is 12.0 Å². The molecule has 0 spiro atoms. The molecule has 0 amide bonds. The summed E-state index contributed by atoms with van der Waals surface area (Å²) < 4.78 is 0. The maximum absolute atomic E-state index is 3.87. The lowest BCUT2D eigenvalue weighted by atomic mass is 9.90. The van der Waals surface area contributed by atoms with Gasteiger partial charge in [-0.3, -0.25) is 0 Å². The molecule has 0 heterocycles. The lowest BCUT2D eigenvalue weighted by molar-refractivity contribution is 0.306. The summed E-state index contributed by atoms with van der Waals surface area (Å²) in [5, 5.41) is 3.87. The molecule has 3 rings (SSSR count). The van der Waals surface area contributed by atoms with Crippen molar-refractivity contribution in [3.63, 3.8) is 0 Å². The van der Waals surface area contributed by atoms with Crippen LogP contribution >= 0.6 is 0 Å². The number of allylic oxidation sites excluding steroid dienone is 2. The number of hydrogen-bond donors (Lipinski definition) is 1. The van der Waals surface area contributed by atoms with E-state index < -0.39 is 0 Å². The van der Waals surface area contributed by atoms with E-state index in [1.54, 1.807) is 0 Å². The van der Waals surface area contributed by atoms with Crippen molar-refractivity contribution >= 4 is 0 Å². The van der Waals surface area contributed by atoms with Crippen LogP contribution in [-0.4, -0.2) is 12.6 Å². The van der Waals surface area contributed by atoms with Gasteiger partial charge < -0.3 is 5.32 Å². The first kappa shape index (κ1) is 12.7. The average Bonchev–Trinajstić information content (AvgIpc) is 2.89. The Bertz CT molecular complexity index is 288. The quantitative estimate of drug-likeness (QED) is 0.581.